The SMILES string of the molecule is CCC(C)(C)C1CCc2c(sc(NC(=O)CSc3nnc(-c4ccc(Cl)cc4Cl)n3C)c2C#N)C1. The molecule has 10 heteroatoms. The van der Waals surface area contributed by atoms with Crippen molar-refractivity contribution in [2.45, 2.75) is 51.6 Å². The Kier molecular flexibility index (Phi) is 7.82. The van der Waals surface area contributed by atoms with Crippen LogP contribution in [0.1, 0.15) is 49.6 Å². The van der Waals surface area contributed by atoms with Gasteiger partial charge in [0.15, 0.2) is 11.0 Å². The first-order valence-electron chi connectivity index (χ1n) is 11.5. The molecule has 1 unspecified atom stereocenters. The fraction of sp³-hybridized carbons (Fsp3) is 0.440. The molecule has 1 aliphatic rings. The molecular formula is C25H27Cl2N5OS2. The maximum absolute atomic E-state index is 12.8. The van der Waals surface area contributed by atoms with E-state index in [-0.39, 0.29) is 17.1 Å². The zero-order valence-corrected chi connectivity index (χ0v) is 23.3. The van der Waals surface area contributed by atoms with Crippen LogP contribution < -0.4 is 5.32 Å². The van der Waals surface area contributed by atoms with Gasteiger partial charge in [-0.3, -0.25) is 4.79 Å². The van der Waals surface area contributed by atoms with Gasteiger partial charge in [0.2, 0.25) is 5.91 Å². The molecule has 1 N–H and O–H groups in total. The summed E-state index contributed by atoms with van der Waals surface area (Å²) in [5.74, 6) is 1.16. The third kappa shape index (κ3) is 5.39. The van der Waals surface area contributed by atoms with Gasteiger partial charge in [0, 0.05) is 22.5 Å². The summed E-state index contributed by atoms with van der Waals surface area (Å²) in [4.78, 5) is 14.0. The summed E-state index contributed by atoms with van der Waals surface area (Å²) in [5, 5.41) is 23.5. The van der Waals surface area contributed by atoms with E-state index >= 15 is 0 Å². The number of benzene rings is 1. The first-order valence-corrected chi connectivity index (χ1v) is 14.0. The highest BCUT2D eigenvalue weighted by molar-refractivity contribution is 7.99. The smallest absolute Gasteiger partial charge is 0.235 e. The summed E-state index contributed by atoms with van der Waals surface area (Å²) >= 11 is 15.1. The van der Waals surface area contributed by atoms with Gasteiger partial charge in [0.05, 0.1) is 16.3 Å². The molecule has 1 aromatic carbocycles. The molecule has 0 spiro atoms. The van der Waals surface area contributed by atoms with Gasteiger partial charge in [0.25, 0.3) is 0 Å². The average molecular weight is 549 g/mol. The molecule has 0 saturated carbocycles. The number of fused-ring (bicyclic) bond motifs is 1. The lowest BCUT2D eigenvalue weighted by atomic mass is 9.69. The number of aromatic nitrogens is 3. The topological polar surface area (TPSA) is 83.6 Å². The van der Waals surface area contributed by atoms with Crippen molar-refractivity contribution in [2.75, 3.05) is 11.1 Å². The van der Waals surface area contributed by atoms with Crippen LogP contribution in [0.15, 0.2) is 23.4 Å². The number of nitriles is 1. The van der Waals surface area contributed by atoms with Gasteiger partial charge >= 0.3 is 0 Å². The first kappa shape index (κ1) is 26.0. The van der Waals surface area contributed by atoms with Crippen molar-refractivity contribution in [3.8, 4) is 17.5 Å². The highest BCUT2D eigenvalue weighted by atomic mass is 35.5. The number of hydrogen-bond acceptors (Lipinski definition) is 6. The number of nitrogens with one attached hydrogen (secondary N) is 1. The van der Waals surface area contributed by atoms with Crippen molar-refractivity contribution in [3.05, 3.63) is 44.2 Å². The lowest BCUT2D eigenvalue weighted by Crippen LogP contribution is -2.28. The molecule has 6 nitrogen and oxygen atoms in total. The molecule has 35 heavy (non-hydrogen) atoms. The largest absolute Gasteiger partial charge is 0.316 e. The number of carbonyl (C=O) groups is 1. The van der Waals surface area contributed by atoms with Gasteiger partial charge < -0.3 is 9.88 Å². The second kappa shape index (κ2) is 10.5. The van der Waals surface area contributed by atoms with E-state index in [1.807, 2.05) is 7.05 Å². The maximum Gasteiger partial charge on any atom is 0.235 e. The second-order valence-electron chi connectivity index (χ2n) is 9.43. The number of rotatable bonds is 7. The van der Waals surface area contributed by atoms with E-state index in [9.17, 15) is 10.1 Å². The Labute approximate surface area is 224 Å². The minimum Gasteiger partial charge on any atom is -0.316 e. The zero-order valence-electron chi connectivity index (χ0n) is 20.1. The van der Waals surface area contributed by atoms with E-state index < -0.39 is 0 Å². The zero-order chi connectivity index (χ0) is 25.3. The number of amides is 1. The van der Waals surface area contributed by atoms with E-state index in [1.165, 1.54) is 16.6 Å². The summed E-state index contributed by atoms with van der Waals surface area (Å²) < 4.78 is 1.80. The predicted molar refractivity (Wildman–Crippen MR) is 144 cm³/mol. The molecule has 1 atom stereocenters. The monoisotopic (exact) mass is 547 g/mol. The lowest BCUT2D eigenvalue weighted by molar-refractivity contribution is -0.113. The molecule has 0 radical (unpaired) electrons. The Hall–Kier alpha value is -2.05. The van der Waals surface area contributed by atoms with Crippen molar-refractivity contribution in [3.63, 3.8) is 0 Å². The molecule has 0 aliphatic heterocycles. The molecule has 184 valence electrons. The highest BCUT2D eigenvalue weighted by Gasteiger charge is 2.34. The van der Waals surface area contributed by atoms with E-state index in [2.05, 4.69) is 42.4 Å². The van der Waals surface area contributed by atoms with Crippen LogP contribution in [0.3, 0.4) is 0 Å². The van der Waals surface area contributed by atoms with Crippen LogP contribution in [0.5, 0.6) is 0 Å². The first-order chi connectivity index (χ1) is 16.6. The summed E-state index contributed by atoms with van der Waals surface area (Å²) in [6, 6.07) is 7.53. The summed E-state index contributed by atoms with van der Waals surface area (Å²) in [6.07, 6.45) is 4.06. The molecule has 1 amide bonds. The predicted octanol–water partition coefficient (Wildman–Crippen LogP) is 6.99. The Morgan fingerprint density at radius 1 is 1.37 bits per heavy atom. The van der Waals surface area contributed by atoms with Gasteiger partial charge in [0.1, 0.15) is 11.1 Å². The average Bonchev–Trinajstić information content (AvgIpc) is 3.36. The standard InChI is InChI=1S/C25H27Cl2N5OS2/c1-5-25(2,3)14-6-8-16-18(12-28)23(35-20(16)10-14)29-21(33)13-34-24-31-30-22(32(24)4)17-9-7-15(26)11-19(17)27/h7,9,11,14H,5-6,8,10,13H2,1-4H3,(H,29,33). The number of anilines is 1. The molecule has 2 aromatic heterocycles. The summed E-state index contributed by atoms with van der Waals surface area (Å²) in [7, 11) is 1.83. The summed E-state index contributed by atoms with van der Waals surface area (Å²) in [5.41, 5.74) is 2.71. The number of halogens is 2. The van der Waals surface area contributed by atoms with Crippen LogP contribution in [0.2, 0.25) is 10.0 Å². The summed E-state index contributed by atoms with van der Waals surface area (Å²) in [6.45, 7) is 6.87. The van der Waals surface area contributed by atoms with Crippen molar-refractivity contribution in [1.29, 1.82) is 5.26 Å². The second-order valence-corrected chi connectivity index (χ2v) is 12.3. The Bertz CT molecular complexity index is 1310. The van der Waals surface area contributed by atoms with Crippen LogP contribution in [-0.4, -0.2) is 26.4 Å². The van der Waals surface area contributed by atoms with Crippen molar-refractivity contribution in [2.24, 2.45) is 18.4 Å². The van der Waals surface area contributed by atoms with E-state index in [4.69, 9.17) is 23.2 Å². The van der Waals surface area contributed by atoms with Gasteiger partial charge in [-0.25, -0.2) is 0 Å². The molecule has 3 aromatic rings. The lowest BCUT2D eigenvalue weighted by Gasteiger charge is -2.36. The van der Waals surface area contributed by atoms with Crippen LogP contribution in [0.4, 0.5) is 5.00 Å². The normalized spacial score (nSPS) is 15.5. The Morgan fingerprint density at radius 3 is 2.83 bits per heavy atom. The number of hydrogen-bond donors (Lipinski definition) is 1. The maximum atomic E-state index is 12.8. The minimum absolute atomic E-state index is 0.152. The molecule has 1 aliphatic carbocycles. The van der Waals surface area contributed by atoms with E-state index in [0.717, 1.165) is 36.8 Å². The van der Waals surface area contributed by atoms with Crippen LogP contribution in [-0.2, 0) is 24.7 Å². The van der Waals surface area contributed by atoms with Gasteiger partial charge in [-0.05, 0) is 54.4 Å². The number of thioether (sulfide) groups is 1. The Balaban J connectivity index is 1.44. The van der Waals surface area contributed by atoms with Crippen molar-refractivity contribution < 1.29 is 4.79 Å². The number of nitrogens with zero attached hydrogens (tertiary/aromatic N) is 4. The molecule has 2 heterocycles. The van der Waals surface area contributed by atoms with E-state index in [0.29, 0.717) is 37.5 Å². The number of thiophene rings is 1. The molecular weight excluding hydrogens is 521 g/mol. The van der Waals surface area contributed by atoms with Crippen molar-refractivity contribution >= 4 is 57.2 Å². The van der Waals surface area contributed by atoms with Gasteiger partial charge in [-0.1, -0.05) is 62.2 Å². The van der Waals surface area contributed by atoms with Crippen LogP contribution in [0.25, 0.3) is 11.4 Å². The third-order valence-corrected chi connectivity index (χ3v) is 9.72. The molecule has 4 rings (SSSR count). The Morgan fingerprint density at radius 2 is 2.14 bits per heavy atom. The fourth-order valence-electron chi connectivity index (χ4n) is 4.39. The van der Waals surface area contributed by atoms with Crippen LogP contribution in [0, 0.1) is 22.7 Å². The third-order valence-electron chi connectivity index (χ3n) is 6.99. The number of carbonyl (C=O) groups excluding carboxylic acids is 1. The minimum atomic E-state index is -0.176. The molecule has 0 saturated heterocycles. The molecule has 0 fully saturated rings. The quantitative estimate of drug-likeness (QED) is 0.322. The van der Waals surface area contributed by atoms with Gasteiger partial charge in [-0.15, -0.1) is 21.5 Å². The van der Waals surface area contributed by atoms with E-state index in [1.54, 1.807) is 34.1 Å². The highest BCUT2D eigenvalue weighted by Crippen LogP contribution is 2.45. The van der Waals surface area contributed by atoms with Gasteiger partial charge in [-0.2, -0.15) is 5.26 Å². The van der Waals surface area contributed by atoms with Crippen LogP contribution >= 0.6 is 46.3 Å². The molecule has 0 bridgehead atoms. The van der Waals surface area contributed by atoms with Crippen molar-refractivity contribution in [1.82, 2.24) is 14.8 Å². The fourth-order valence-corrected chi connectivity index (χ4v) is 6.88.